The van der Waals surface area contributed by atoms with Crippen LogP contribution in [0.15, 0.2) is 121 Å². The van der Waals surface area contributed by atoms with Gasteiger partial charge in [0.25, 0.3) is 0 Å². The Morgan fingerprint density at radius 2 is 1.48 bits per heavy atom. The normalized spacial score (nSPS) is 13.9. The molecule has 0 aliphatic heterocycles. The molecule has 5 aromatic rings. The fraction of sp³-hybridized carbons (Fsp3) is 0.304. The number of nitrogens with one attached hydrogen (secondary N) is 1. The maximum atomic E-state index is 6.42. The lowest BCUT2D eigenvalue weighted by molar-refractivity contribution is 0.307. The van der Waals surface area contributed by atoms with Gasteiger partial charge in [0.1, 0.15) is 5.75 Å². The Hall–Kier alpha value is -4.56. The first-order valence-corrected chi connectivity index (χ1v) is 18.2. The van der Waals surface area contributed by atoms with Crippen LogP contribution in [0.25, 0.3) is 33.0 Å². The number of fused-ring (bicyclic) bond motifs is 2. The number of rotatable bonds is 13. The molecule has 1 N–H and O–H groups in total. The molecule has 0 atom stereocenters. The third-order valence-electron chi connectivity index (χ3n) is 11.1. The zero-order chi connectivity index (χ0) is 32.9. The smallest absolute Gasteiger partial charge is 0.119 e. The molecule has 7 rings (SSSR count). The zero-order valence-corrected chi connectivity index (χ0v) is 28.9. The molecule has 0 spiro atoms. The van der Waals surface area contributed by atoms with E-state index in [4.69, 9.17) is 4.74 Å². The van der Waals surface area contributed by atoms with Crippen LogP contribution in [0.5, 0.6) is 5.75 Å². The minimum absolute atomic E-state index is 0.206. The standard InChI is InChI=1S/C46H49NO/c1-4-46(3,5-2)37-22-17-35(18-23-37)43-30-29-42(36-19-24-39(25-20-36)47-38-15-7-6-8-16-38)44-28-26-40(32-45(43)44)48-31-10-9-12-33-13-11-14-34-21-27-41(33)34/h6-7,11,13-15,17-20,22-26,28-30,32,47H,4-5,8-10,12,16,21,27,31H2,1-3H3. The molecule has 2 heteroatoms. The summed E-state index contributed by atoms with van der Waals surface area (Å²) in [7, 11) is 0. The lowest BCUT2D eigenvalue weighted by Gasteiger charge is -2.27. The number of unbranched alkanes of at least 4 members (excludes halogenated alkanes) is 1. The van der Waals surface area contributed by atoms with Crippen molar-refractivity contribution in [3.63, 3.8) is 0 Å². The first kappa shape index (κ1) is 32.0. The van der Waals surface area contributed by atoms with Gasteiger partial charge in [-0.15, -0.1) is 0 Å². The quantitative estimate of drug-likeness (QED) is 0.131. The van der Waals surface area contributed by atoms with Gasteiger partial charge in [0.15, 0.2) is 0 Å². The average Bonchev–Trinajstić information content (AvgIpc) is 3.12. The second-order valence-electron chi connectivity index (χ2n) is 13.9. The van der Waals surface area contributed by atoms with Crippen molar-refractivity contribution in [2.45, 2.75) is 84.0 Å². The monoisotopic (exact) mass is 631 g/mol. The fourth-order valence-electron chi connectivity index (χ4n) is 7.42. The molecule has 0 heterocycles. The van der Waals surface area contributed by atoms with Crippen LogP contribution >= 0.6 is 0 Å². The highest BCUT2D eigenvalue weighted by Gasteiger charge is 2.22. The summed E-state index contributed by atoms with van der Waals surface area (Å²) in [6.07, 6.45) is 16.8. The number of hydrogen-bond acceptors (Lipinski definition) is 2. The first-order valence-electron chi connectivity index (χ1n) is 18.2. The van der Waals surface area contributed by atoms with Gasteiger partial charge in [0.05, 0.1) is 6.61 Å². The molecule has 2 aliphatic carbocycles. The second kappa shape index (κ2) is 14.3. The van der Waals surface area contributed by atoms with Crippen LogP contribution in [0, 0.1) is 0 Å². The summed E-state index contributed by atoms with van der Waals surface area (Å²) in [5, 5.41) is 6.08. The van der Waals surface area contributed by atoms with Crippen LogP contribution < -0.4 is 10.1 Å². The van der Waals surface area contributed by atoms with E-state index >= 15 is 0 Å². The lowest BCUT2D eigenvalue weighted by Crippen LogP contribution is -2.19. The van der Waals surface area contributed by atoms with E-state index in [0.29, 0.717) is 0 Å². The van der Waals surface area contributed by atoms with E-state index < -0.39 is 0 Å². The Balaban J connectivity index is 1.15. The molecule has 0 amide bonds. The number of anilines is 1. The minimum Gasteiger partial charge on any atom is -0.494 e. The van der Waals surface area contributed by atoms with Gasteiger partial charge in [-0.3, -0.25) is 0 Å². The van der Waals surface area contributed by atoms with Gasteiger partial charge in [-0.1, -0.05) is 106 Å². The molecule has 0 aromatic heterocycles. The van der Waals surface area contributed by atoms with E-state index in [-0.39, 0.29) is 5.41 Å². The minimum atomic E-state index is 0.206. The van der Waals surface area contributed by atoms with Crippen molar-refractivity contribution in [1.29, 1.82) is 0 Å². The van der Waals surface area contributed by atoms with Crippen molar-refractivity contribution in [2.75, 3.05) is 11.9 Å². The molecule has 244 valence electrons. The van der Waals surface area contributed by atoms with Crippen molar-refractivity contribution >= 4 is 16.5 Å². The molecule has 5 aromatic carbocycles. The molecule has 2 nitrogen and oxygen atoms in total. The third-order valence-corrected chi connectivity index (χ3v) is 11.1. The summed E-state index contributed by atoms with van der Waals surface area (Å²) in [5.74, 6) is 0.945. The van der Waals surface area contributed by atoms with E-state index in [1.807, 2.05) is 0 Å². The van der Waals surface area contributed by atoms with Gasteiger partial charge in [-0.25, -0.2) is 0 Å². The molecule has 0 radical (unpaired) electrons. The van der Waals surface area contributed by atoms with Crippen LogP contribution in [0.2, 0.25) is 0 Å². The molecule has 0 bridgehead atoms. The van der Waals surface area contributed by atoms with Gasteiger partial charge in [-0.2, -0.15) is 0 Å². The van der Waals surface area contributed by atoms with Crippen molar-refractivity contribution in [3.05, 3.63) is 143 Å². The number of ether oxygens (including phenoxy) is 1. The highest BCUT2D eigenvalue weighted by atomic mass is 16.5. The molecular formula is C46H49NO. The molecule has 0 fully saturated rings. The summed E-state index contributed by atoms with van der Waals surface area (Å²) < 4.78 is 6.42. The van der Waals surface area contributed by atoms with Gasteiger partial charge in [-0.05, 0) is 149 Å². The van der Waals surface area contributed by atoms with Crippen molar-refractivity contribution in [3.8, 4) is 28.0 Å². The van der Waals surface area contributed by atoms with E-state index in [1.54, 1.807) is 11.1 Å². The number of aryl methyl sites for hydroxylation is 2. The Bertz CT molecular complexity index is 1940. The van der Waals surface area contributed by atoms with E-state index in [1.165, 1.54) is 62.7 Å². The molecule has 0 saturated carbocycles. The zero-order valence-electron chi connectivity index (χ0n) is 28.9. The summed E-state index contributed by atoms with van der Waals surface area (Å²) in [6.45, 7) is 7.71. The van der Waals surface area contributed by atoms with Crippen LogP contribution in [-0.4, -0.2) is 6.61 Å². The maximum Gasteiger partial charge on any atom is 0.119 e. The van der Waals surface area contributed by atoms with Crippen molar-refractivity contribution < 1.29 is 4.74 Å². The van der Waals surface area contributed by atoms with E-state index in [9.17, 15) is 0 Å². The summed E-state index contributed by atoms with van der Waals surface area (Å²) in [5.41, 5.74) is 13.7. The molecule has 2 aliphatic rings. The Morgan fingerprint density at radius 3 is 2.17 bits per heavy atom. The highest BCUT2D eigenvalue weighted by Crippen LogP contribution is 2.39. The summed E-state index contributed by atoms with van der Waals surface area (Å²) in [6, 6.07) is 36.3. The SMILES string of the molecule is CCC(C)(CC)c1ccc(-c2ccc(-c3ccc(NC4=CC=CCC4)cc3)c3ccc(OCCCCc4cccc5c4CC5)cc23)cc1. The molecular weight excluding hydrogens is 583 g/mol. The Labute approximate surface area is 287 Å². The summed E-state index contributed by atoms with van der Waals surface area (Å²) in [4.78, 5) is 0. The van der Waals surface area contributed by atoms with Crippen LogP contribution in [0.3, 0.4) is 0 Å². The fourth-order valence-corrected chi connectivity index (χ4v) is 7.42. The Kier molecular flexibility index (Phi) is 9.52. The molecule has 48 heavy (non-hydrogen) atoms. The van der Waals surface area contributed by atoms with Crippen LogP contribution in [0.4, 0.5) is 5.69 Å². The van der Waals surface area contributed by atoms with Crippen LogP contribution in [0.1, 0.15) is 81.5 Å². The van der Waals surface area contributed by atoms with Crippen molar-refractivity contribution in [2.24, 2.45) is 0 Å². The third kappa shape index (κ3) is 6.72. The predicted molar refractivity (Wildman–Crippen MR) is 205 cm³/mol. The van der Waals surface area contributed by atoms with Gasteiger partial charge >= 0.3 is 0 Å². The lowest BCUT2D eigenvalue weighted by atomic mass is 9.77. The Morgan fingerprint density at radius 1 is 0.729 bits per heavy atom. The largest absolute Gasteiger partial charge is 0.494 e. The van der Waals surface area contributed by atoms with Gasteiger partial charge in [0, 0.05) is 11.4 Å². The number of allylic oxidation sites excluding steroid dienone is 4. The van der Waals surface area contributed by atoms with E-state index in [2.05, 4.69) is 141 Å². The maximum absolute atomic E-state index is 6.42. The predicted octanol–water partition coefficient (Wildman–Crippen LogP) is 12.4. The first-order chi connectivity index (χ1) is 23.5. The molecule has 0 unspecified atom stereocenters. The number of benzene rings is 5. The average molecular weight is 632 g/mol. The second-order valence-corrected chi connectivity index (χ2v) is 13.9. The number of hydrogen-bond donors (Lipinski definition) is 1. The topological polar surface area (TPSA) is 21.3 Å². The summed E-state index contributed by atoms with van der Waals surface area (Å²) >= 11 is 0. The van der Waals surface area contributed by atoms with Gasteiger partial charge in [0.2, 0.25) is 0 Å². The van der Waals surface area contributed by atoms with Crippen LogP contribution in [-0.2, 0) is 24.7 Å². The molecule has 0 saturated heterocycles. The van der Waals surface area contributed by atoms with Crippen molar-refractivity contribution in [1.82, 2.24) is 0 Å². The van der Waals surface area contributed by atoms with E-state index in [0.717, 1.165) is 63.0 Å². The van der Waals surface area contributed by atoms with Gasteiger partial charge < -0.3 is 10.1 Å². The highest BCUT2D eigenvalue weighted by molar-refractivity contribution is 6.05.